The molecule has 0 spiro atoms. The molecule has 108 valence electrons. The lowest BCUT2D eigenvalue weighted by Gasteiger charge is -2.07. The largest absolute Gasteiger partial charge is 0.306 e. The van der Waals surface area contributed by atoms with Gasteiger partial charge in [-0.25, -0.2) is 9.97 Å². The summed E-state index contributed by atoms with van der Waals surface area (Å²) in [5.74, 6) is -0.628. The van der Waals surface area contributed by atoms with Crippen molar-refractivity contribution in [1.29, 1.82) is 0 Å². The molecule has 0 saturated heterocycles. The standard InChI is InChI=1S/C12H8Cl2N4O3/c1-6-3-2-4-7(10(6)18(20)21)11(19)16-9-5-8(13)15-12(14)17-9/h2-5H,1H3,(H,15,16,17,19). The minimum absolute atomic E-state index is 0.0454. The Morgan fingerprint density at radius 3 is 2.67 bits per heavy atom. The number of hydrogen-bond acceptors (Lipinski definition) is 5. The van der Waals surface area contributed by atoms with Crippen LogP contribution in [0.5, 0.6) is 0 Å². The van der Waals surface area contributed by atoms with Crippen LogP contribution in [0.2, 0.25) is 10.4 Å². The first-order valence-corrected chi connectivity index (χ1v) is 6.39. The van der Waals surface area contributed by atoms with Crippen LogP contribution < -0.4 is 5.32 Å². The molecule has 0 atom stereocenters. The molecular formula is C12H8Cl2N4O3. The Hall–Kier alpha value is -2.25. The van der Waals surface area contributed by atoms with Crippen LogP contribution in [0.3, 0.4) is 0 Å². The summed E-state index contributed by atoms with van der Waals surface area (Å²) in [4.78, 5) is 30.0. The van der Waals surface area contributed by atoms with E-state index in [9.17, 15) is 14.9 Å². The van der Waals surface area contributed by atoms with Gasteiger partial charge in [0.2, 0.25) is 5.28 Å². The minimum Gasteiger partial charge on any atom is -0.306 e. The molecule has 9 heteroatoms. The summed E-state index contributed by atoms with van der Waals surface area (Å²) in [6.45, 7) is 1.55. The fourth-order valence-electron chi connectivity index (χ4n) is 1.72. The number of para-hydroxylation sites is 1. The van der Waals surface area contributed by atoms with Crippen molar-refractivity contribution in [2.75, 3.05) is 5.32 Å². The average Bonchev–Trinajstić information content (AvgIpc) is 2.36. The number of benzene rings is 1. The van der Waals surface area contributed by atoms with Crippen LogP contribution in [-0.2, 0) is 0 Å². The fraction of sp³-hybridized carbons (Fsp3) is 0.0833. The first kappa shape index (κ1) is 15.1. The molecule has 0 bridgehead atoms. The van der Waals surface area contributed by atoms with Crippen LogP contribution in [-0.4, -0.2) is 20.8 Å². The highest BCUT2D eigenvalue weighted by Gasteiger charge is 2.22. The summed E-state index contributed by atoms with van der Waals surface area (Å²) in [5.41, 5.74) is 0.0403. The van der Waals surface area contributed by atoms with Gasteiger partial charge in [0.25, 0.3) is 11.6 Å². The van der Waals surface area contributed by atoms with Gasteiger partial charge in [-0.15, -0.1) is 0 Å². The van der Waals surface area contributed by atoms with E-state index >= 15 is 0 Å². The number of nitrogens with zero attached hydrogens (tertiary/aromatic N) is 3. The van der Waals surface area contributed by atoms with Gasteiger partial charge in [0.05, 0.1) is 4.92 Å². The van der Waals surface area contributed by atoms with E-state index in [4.69, 9.17) is 23.2 Å². The van der Waals surface area contributed by atoms with Crippen molar-refractivity contribution in [3.8, 4) is 0 Å². The second-order valence-corrected chi connectivity index (χ2v) is 4.75. The van der Waals surface area contributed by atoms with Crippen LogP contribution in [0, 0.1) is 17.0 Å². The monoisotopic (exact) mass is 326 g/mol. The molecule has 1 amide bonds. The molecule has 0 aliphatic heterocycles. The van der Waals surface area contributed by atoms with E-state index in [1.807, 2.05) is 0 Å². The number of anilines is 1. The Labute approximate surface area is 129 Å². The van der Waals surface area contributed by atoms with Gasteiger partial charge >= 0.3 is 0 Å². The van der Waals surface area contributed by atoms with Crippen molar-refractivity contribution < 1.29 is 9.72 Å². The Kier molecular flexibility index (Phi) is 4.35. The van der Waals surface area contributed by atoms with Gasteiger partial charge in [-0.05, 0) is 24.6 Å². The molecule has 7 nitrogen and oxygen atoms in total. The van der Waals surface area contributed by atoms with Gasteiger partial charge in [-0.1, -0.05) is 23.7 Å². The van der Waals surface area contributed by atoms with Crippen LogP contribution in [0.15, 0.2) is 24.3 Å². The lowest BCUT2D eigenvalue weighted by atomic mass is 10.1. The predicted molar refractivity (Wildman–Crippen MR) is 77.8 cm³/mol. The summed E-state index contributed by atoms with van der Waals surface area (Å²) in [6, 6.07) is 5.74. The lowest BCUT2D eigenvalue weighted by molar-refractivity contribution is -0.385. The van der Waals surface area contributed by atoms with E-state index in [1.165, 1.54) is 12.1 Å². The molecule has 21 heavy (non-hydrogen) atoms. The van der Waals surface area contributed by atoms with Gasteiger partial charge in [-0.2, -0.15) is 0 Å². The van der Waals surface area contributed by atoms with Crippen molar-refractivity contribution in [3.05, 3.63) is 55.9 Å². The molecule has 1 aromatic heterocycles. The van der Waals surface area contributed by atoms with Crippen molar-refractivity contribution >= 4 is 40.6 Å². The van der Waals surface area contributed by atoms with Gasteiger partial charge in [-0.3, -0.25) is 14.9 Å². The number of amides is 1. The summed E-state index contributed by atoms with van der Waals surface area (Å²) in [7, 11) is 0. The molecule has 0 saturated carbocycles. The fourth-order valence-corrected chi connectivity index (χ4v) is 2.13. The smallest absolute Gasteiger partial charge is 0.285 e. The third-order valence-electron chi connectivity index (χ3n) is 2.57. The lowest BCUT2D eigenvalue weighted by Crippen LogP contribution is -2.15. The van der Waals surface area contributed by atoms with Crippen LogP contribution in [0.4, 0.5) is 11.5 Å². The number of nitrogens with one attached hydrogen (secondary N) is 1. The molecule has 1 aromatic carbocycles. The van der Waals surface area contributed by atoms with Crippen LogP contribution >= 0.6 is 23.2 Å². The van der Waals surface area contributed by atoms with E-state index < -0.39 is 10.8 Å². The van der Waals surface area contributed by atoms with Crippen molar-refractivity contribution in [1.82, 2.24) is 9.97 Å². The topological polar surface area (TPSA) is 98.0 Å². The maximum absolute atomic E-state index is 12.2. The van der Waals surface area contributed by atoms with Gasteiger partial charge in [0.15, 0.2) is 0 Å². The summed E-state index contributed by atoms with van der Waals surface area (Å²) in [5, 5.41) is 13.4. The highest BCUT2D eigenvalue weighted by Crippen LogP contribution is 2.24. The molecule has 0 unspecified atom stereocenters. The van der Waals surface area contributed by atoms with Gasteiger partial charge < -0.3 is 5.32 Å². The maximum atomic E-state index is 12.2. The quantitative estimate of drug-likeness (QED) is 0.404. The number of rotatable bonds is 3. The third kappa shape index (κ3) is 3.45. The van der Waals surface area contributed by atoms with E-state index in [2.05, 4.69) is 15.3 Å². The second kappa shape index (κ2) is 6.02. The molecular weight excluding hydrogens is 319 g/mol. The van der Waals surface area contributed by atoms with Crippen LogP contribution in [0.1, 0.15) is 15.9 Å². The number of carbonyl (C=O) groups is 1. The number of halogens is 2. The van der Waals surface area contributed by atoms with E-state index in [1.54, 1.807) is 19.1 Å². The highest BCUT2D eigenvalue weighted by atomic mass is 35.5. The molecule has 2 rings (SSSR count). The number of nitro groups is 1. The number of carbonyl (C=O) groups excluding carboxylic acids is 1. The minimum atomic E-state index is -0.684. The van der Waals surface area contributed by atoms with E-state index in [-0.39, 0.29) is 27.5 Å². The summed E-state index contributed by atoms with van der Waals surface area (Å²) >= 11 is 11.3. The third-order valence-corrected chi connectivity index (χ3v) is 2.94. The van der Waals surface area contributed by atoms with Crippen molar-refractivity contribution in [3.63, 3.8) is 0 Å². The normalized spacial score (nSPS) is 10.2. The zero-order valence-corrected chi connectivity index (χ0v) is 12.1. The van der Waals surface area contributed by atoms with Gasteiger partial charge in [0, 0.05) is 11.6 Å². The maximum Gasteiger partial charge on any atom is 0.285 e. The van der Waals surface area contributed by atoms with E-state index in [0.717, 1.165) is 0 Å². The molecule has 1 heterocycles. The number of hydrogen-bond donors (Lipinski definition) is 1. The second-order valence-electron chi connectivity index (χ2n) is 4.03. The zero-order chi connectivity index (χ0) is 15.6. The Balaban J connectivity index is 2.37. The molecule has 2 aromatic rings. The first-order valence-electron chi connectivity index (χ1n) is 5.64. The number of nitro benzene ring substituents is 1. The molecule has 0 aliphatic rings. The highest BCUT2D eigenvalue weighted by molar-refractivity contribution is 6.32. The zero-order valence-electron chi connectivity index (χ0n) is 10.6. The SMILES string of the molecule is Cc1cccc(C(=O)Nc2cc(Cl)nc(Cl)n2)c1[N+](=O)[O-]. The van der Waals surface area contributed by atoms with Crippen molar-refractivity contribution in [2.45, 2.75) is 6.92 Å². The number of aryl methyl sites for hydroxylation is 1. The molecule has 0 fully saturated rings. The van der Waals surface area contributed by atoms with Gasteiger partial charge in [0.1, 0.15) is 16.5 Å². The average molecular weight is 327 g/mol. The van der Waals surface area contributed by atoms with E-state index in [0.29, 0.717) is 5.56 Å². The summed E-state index contributed by atoms with van der Waals surface area (Å²) < 4.78 is 0. The Morgan fingerprint density at radius 1 is 1.33 bits per heavy atom. The number of aromatic nitrogens is 2. The predicted octanol–water partition coefficient (Wildman–Crippen LogP) is 3.25. The molecule has 0 radical (unpaired) electrons. The molecule has 1 N–H and O–H groups in total. The first-order chi connectivity index (χ1) is 9.88. The Bertz CT molecular complexity index is 716. The summed E-state index contributed by atoms with van der Waals surface area (Å²) in [6.07, 6.45) is 0. The van der Waals surface area contributed by atoms with Crippen LogP contribution in [0.25, 0.3) is 0 Å². The van der Waals surface area contributed by atoms with Crippen molar-refractivity contribution in [2.24, 2.45) is 0 Å². The molecule has 0 aliphatic carbocycles. The Morgan fingerprint density at radius 2 is 2.05 bits per heavy atom.